The Morgan fingerprint density at radius 1 is 0.767 bits per heavy atom. The molecule has 3 N–H and O–H groups in total. The molecule has 0 aliphatic rings. The molecule has 0 saturated carbocycles. The third-order valence-electron chi connectivity index (χ3n) is 5.47. The van der Waals surface area contributed by atoms with Crippen LogP contribution in [0.2, 0.25) is 0 Å². The highest BCUT2D eigenvalue weighted by Gasteiger charge is 2.14. The number of fused-ring (bicyclic) bond motifs is 2. The molecule has 6 heteroatoms. The van der Waals surface area contributed by atoms with Crippen LogP contribution < -0.4 is 0 Å². The average molecular weight is 393 g/mol. The number of aromatic amines is 3. The average Bonchev–Trinajstić information content (AvgIpc) is 3.52. The van der Waals surface area contributed by atoms with E-state index in [4.69, 9.17) is 0 Å². The van der Waals surface area contributed by atoms with Crippen LogP contribution in [0.5, 0.6) is 0 Å². The number of aromatic nitrogens is 5. The van der Waals surface area contributed by atoms with Crippen molar-refractivity contribution in [3.8, 4) is 33.6 Å². The molecular formula is C24H16FN5. The highest BCUT2D eigenvalue weighted by atomic mass is 19.1. The Balaban J connectivity index is 1.52. The Morgan fingerprint density at radius 2 is 1.63 bits per heavy atom. The number of rotatable bonds is 3. The van der Waals surface area contributed by atoms with Crippen molar-refractivity contribution in [1.29, 1.82) is 0 Å². The predicted octanol–water partition coefficient (Wildman–Crippen LogP) is 5.91. The van der Waals surface area contributed by atoms with E-state index in [0.29, 0.717) is 0 Å². The van der Waals surface area contributed by atoms with Crippen molar-refractivity contribution in [1.82, 2.24) is 25.4 Å². The molecule has 144 valence electrons. The molecule has 0 atom stereocenters. The predicted molar refractivity (Wildman–Crippen MR) is 116 cm³/mol. The van der Waals surface area contributed by atoms with E-state index in [1.165, 1.54) is 12.1 Å². The summed E-state index contributed by atoms with van der Waals surface area (Å²) in [6.07, 6.45) is 3.68. The van der Waals surface area contributed by atoms with Gasteiger partial charge in [0.15, 0.2) is 0 Å². The number of benzene rings is 3. The van der Waals surface area contributed by atoms with Crippen LogP contribution in [-0.4, -0.2) is 25.4 Å². The standard InChI is InChI=1S/C24H16FN5/c25-17-7-4-14(5-8-17)18-2-1-3-21-19(18)11-23(28-21)24-20-10-15(16-12-26-27-13-16)6-9-22(20)29-30-24/h1-13,28H,(H,26,27)(H,29,30). The largest absolute Gasteiger partial charge is 0.353 e. The second-order valence-electron chi connectivity index (χ2n) is 7.28. The first kappa shape index (κ1) is 16.7. The van der Waals surface area contributed by atoms with Crippen LogP contribution in [0.4, 0.5) is 4.39 Å². The molecule has 5 nitrogen and oxygen atoms in total. The van der Waals surface area contributed by atoms with Crippen molar-refractivity contribution in [2.45, 2.75) is 0 Å². The lowest BCUT2D eigenvalue weighted by Gasteiger charge is -2.03. The molecule has 0 radical (unpaired) electrons. The maximum atomic E-state index is 13.4. The van der Waals surface area contributed by atoms with Crippen LogP contribution in [-0.2, 0) is 0 Å². The quantitative estimate of drug-likeness (QED) is 0.350. The van der Waals surface area contributed by atoms with Gasteiger partial charge in [0.1, 0.15) is 11.5 Å². The van der Waals surface area contributed by atoms with Gasteiger partial charge in [-0.2, -0.15) is 10.2 Å². The summed E-state index contributed by atoms with van der Waals surface area (Å²) in [4.78, 5) is 3.49. The maximum absolute atomic E-state index is 13.4. The molecule has 3 aromatic carbocycles. The van der Waals surface area contributed by atoms with Gasteiger partial charge in [-0.25, -0.2) is 4.39 Å². The smallest absolute Gasteiger partial charge is 0.123 e. The fourth-order valence-electron chi connectivity index (χ4n) is 3.97. The molecule has 3 heterocycles. The zero-order valence-electron chi connectivity index (χ0n) is 15.8. The molecule has 0 aliphatic heterocycles. The van der Waals surface area contributed by atoms with Crippen molar-refractivity contribution in [2.24, 2.45) is 0 Å². The third-order valence-corrected chi connectivity index (χ3v) is 5.47. The van der Waals surface area contributed by atoms with E-state index in [1.807, 2.05) is 36.5 Å². The summed E-state index contributed by atoms with van der Waals surface area (Å²) >= 11 is 0. The van der Waals surface area contributed by atoms with Gasteiger partial charge in [0.25, 0.3) is 0 Å². The van der Waals surface area contributed by atoms with Crippen LogP contribution in [0.1, 0.15) is 0 Å². The van der Waals surface area contributed by atoms with Gasteiger partial charge in [-0.1, -0.05) is 30.3 Å². The SMILES string of the molecule is Fc1ccc(-c2cccc3[nH]c(-c4n[nH]c5ccc(-c6cn[nH]c6)cc45)cc23)cc1. The van der Waals surface area contributed by atoms with Crippen LogP contribution in [0.3, 0.4) is 0 Å². The molecule has 0 bridgehead atoms. The van der Waals surface area contributed by atoms with E-state index in [1.54, 1.807) is 18.3 Å². The van der Waals surface area contributed by atoms with E-state index in [-0.39, 0.29) is 5.82 Å². The van der Waals surface area contributed by atoms with E-state index in [0.717, 1.165) is 55.4 Å². The second-order valence-corrected chi connectivity index (χ2v) is 7.28. The van der Waals surface area contributed by atoms with Crippen molar-refractivity contribution in [3.63, 3.8) is 0 Å². The number of H-pyrrole nitrogens is 3. The number of nitrogens with zero attached hydrogens (tertiary/aromatic N) is 2. The molecule has 6 rings (SSSR count). The highest BCUT2D eigenvalue weighted by Crippen LogP contribution is 2.35. The first-order valence-electron chi connectivity index (χ1n) is 9.61. The van der Waals surface area contributed by atoms with E-state index >= 15 is 0 Å². The Hall–Kier alpha value is -4.19. The number of hydrogen-bond donors (Lipinski definition) is 3. The molecular weight excluding hydrogens is 377 g/mol. The molecule has 0 fully saturated rings. The lowest BCUT2D eigenvalue weighted by molar-refractivity contribution is 0.628. The molecule has 0 saturated heterocycles. The molecule has 0 amide bonds. The van der Waals surface area contributed by atoms with Crippen LogP contribution in [0.25, 0.3) is 55.4 Å². The lowest BCUT2D eigenvalue weighted by Crippen LogP contribution is -1.80. The molecule has 0 aliphatic carbocycles. The molecule has 6 aromatic rings. The minimum absolute atomic E-state index is 0.239. The second kappa shape index (κ2) is 6.42. The summed E-state index contributed by atoms with van der Waals surface area (Å²) in [5.74, 6) is -0.239. The van der Waals surface area contributed by atoms with Crippen LogP contribution in [0, 0.1) is 5.82 Å². The number of hydrogen-bond acceptors (Lipinski definition) is 2. The van der Waals surface area contributed by atoms with Crippen LogP contribution in [0.15, 0.2) is 79.1 Å². The van der Waals surface area contributed by atoms with Gasteiger partial charge in [0, 0.05) is 28.0 Å². The van der Waals surface area contributed by atoms with Crippen molar-refractivity contribution in [2.75, 3.05) is 0 Å². The minimum atomic E-state index is -0.239. The zero-order chi connectivity index (χ0) is 20.1. The van der Waals surface area contributed by atoms with Gasteiger partial charge >= 0.3 is 0 Å². The summed E-state index contributed by atoms with van der Waals surface area (Å²) < 4.78 is 13.4. The summed E-state index contributed by atoms with van der Waals surface area (Å²) in [6.45, 7) is 0. The summed E-state index contributed by atoms with van der Waals surface area (Å²) in [5, 5.41) is 16.7. The molecule has 0 unspecified atom stereocenters. The van der Waals surface area contributed by atoms with Crippen molar-refractivity contribution < 1.29 is 4.39 Å². The van der Waals surface area contributed by atoms with E-state index in [2.05, 4.69) is 37.5 Å². The molecule has 3 aromatic heterocycles. The number of nitrogens with one attached hydrogen (secondary N) is 3. The number of halogens is 1. The Bertz CT molecular complexity index is 1490. The van der Waals surface area contributed by atoms with Crippen molar-refractivity contribution in [3.05, 3.63) is 84.9 Å². The van der Waals surface area contributed by atoms with Crippen molar-refractivity contribution >= 4 is 21.8 Å². The Labute approximate surface area is 170 Å². The van der Waals surface area contributed by atoms with Gasteiger partial charge in [-0.15, -0.1) is 0 Å². The Morgan fingerprint density at radius 3 is 2.47 bits per heavy atom. The van der Waals surface area contributed by atoms with Gasteiger partial charge in [-0.05, 0) is 53.1 Å². The van der Waals surface area contributed by atoms with Gasteiger partial charge in [0.05, 0.1) is 17.4 Å². The van der Waals surface area contributed by atoms with Crippen LogP contribution >= 0.6 is 0 Å². The first-order chi connectivity index (χ1) is 14.8. The summed E-state index contributed by atoms with van der Waals surface area (Å²) in [7, 11) is 0. The molecule has 30 heavy (non-hydrogen) atoms. The van der Waals surface area contributed by atoms with Gasteiger partial charge < -0.3 is 4.98 Å². The highest BCUT2D eigenvalue weighted by molar-refractivity contribution is 6.01. The topological polar surface area (TPSA) is 73.2 Å². The van der Waals surface area contributed by atoms with E-state index < -0.39 is 0 Å². The third kappa shape index (κ3) is 2.62. The summed E-state index contributed by atoms with van der Waals surface area (Å²) in [6, 6.07) is 21.0. The molecule has 0 spiro atoms. The fourth-order valence-corrected chi connectivity index (χ4v) is 3.97. The van der Waals surface area contributed by atoms with E-state index in [9.17, 15) is 4.39 Å². The maximum Gasteiger partial charge on any atom is 0.123 e. The van der Waals surface area contributed by atoms with Gasteiger partial charge in [-0.3, -0.25) is 10.2 Å². The zero-order valence-corrected chi connectivity index (χ0v) is 15.8. The minimum Gasteiger partial charge on any atom is -0.353 e. The monoisotopic (exact) mass is 393 g/mol. The summed E-state index contributed by atoms with van der Waals surface area (Å²) in [5.41, 5.74) is 7.88. The first-order valence-corrected chi connectivity index (χ1v) is 9.61. The lowest BCUT2D eigenvalue weighted by atomic mass is 10.0. The fraction of sp³-hybridized carbons (Fsp3) is 0. The van der Waals surface area contributed by atoms with Gasteiger partial charge in [0.2, 0.25) is 0 Å². The Kier molecular flexibility index (Phi) is 3.58. The normalized spacial score (nSPS) is 11.5.